The molecule has 0 spiro atoms. The van der Waals surface area contributed by atoms with Crippen molar-refractivity contribution in [3.63, 3.8) is 0 Å². The maximum atomic E-state index is 10.7. The van der Waals surface area contributed by atoms with Gasteiger partial charge >= 0.3 is 5.97 Å². The minimum atomic E-state index is -0.468. The second-order valence-electron chi connectivity index (χ2n) is 1.81. The first-order valence-electron chi connectivity index (χ1n) is 3.06. The number of rotatable bonds is 3. The van der Waals surface area contributed by atoms with E-state index in [1.807, 2.05) is 0 Å². The van der Waals surface area contributed by atoms with Gasteiger partial charge in [0.1, 0.15) is 5.92 Å². The molecule has 0 aromatic rings. The van der Waals surface area contributed by atoms with E-state index in [1.165, 1.54) is 0 Å². The highest BCUT2D eigenvalue weighted by molar-refractivity contribution is 5.87. The van der Waals surface area contributed by atoms with E-state index in [4.69, 9.17) is 5.53 Å². The molecule has 0 aliphatic carbocycles. The van der Waals surface area contributed by atoms with Crippen LogP contribution in [-0.2, 0) is 9.53 Å². The molecule has 0 rings (SSSR count). The van der Waals surface area contributed by atoms with Crippen LogP contribution in [-0.4, -0.2) is 23.6 Å². The zero-order chi connectivity index (χ0) is 7.98. The van der Waals surface area contributed by atoms with Gasteiger partial charge in [0.2, 0.25) is 0 Å². The van der Waals surface area contributed by atoms with Crippen molar-refractivity contribution in [2.75, 3.05) is 6.61 Å². The van der Waals surface area contributed by atoms with Crippen molar-refractivity contribution in [1.29, 1.82) is 0 Å². The molecule has 0 aromatic heterocycles. The maximum absolute atomic E-state index is 10.7. The maximum Gasteiger partial charge on any atom is 0.319 e. The lowest BCUT2D eigenvalue weighted by Gasteiger charge is -1.99. The van der Waals surface area contributed by atoms with Crippen molar-refractivity contribution < 1.29 is 14.3 Å². The van der Waals surface area contributed by atoms with Gasteiger partial charge < -0.3 is 10.3 Å². The van der Waals surface area contributed by atoms with E-state index < -0.39 is 5.92 Å². The fraction of sp³-hybridized carbons (Fsp3) is 0.667. The molecule has 0 heterocycles. The smallest absolute Gasteiger partial charge is 0.319 e. The average molecular weight is 142 g/mol. The monoisotopic (exact) mass is 142 g/mol. The Morgan fingerprint density at radius 1 is 1.90 bits per heavy atom. The van der Waals surface area contributed by atoms with Crippen molar-refractivity contribution >= 4 is 12.2 Å². The highest BCUT2D eigenvalue weighted by atomic mass is 16.5. The van der Waals surface area contributed by atoms with E-state index >= 15 is 0 Å². The molecule has 0 fully saturated rings. The van der Waals surface area contributed by atoms with E-state index in [-0.39, 0.29) is 5.97 Å². The van der Waals surface area contributed by atoms with Crippen molar-refractivity contribution in [2.24, 2.45) is 5.92 Å². The second kappa shape index (κ2) is 4.70. The quantitative estimate of drug-likeness (QED) is 0.249. The Kier molecular flexibility index (Phi) is 4.16. The number of hydrogen-bond acceptors (Lipinski definition) is 2. The van der Waals surface area contributed by atoms with Crippen LogP contribution in [0.1, 0.15) is 13.8 Å². The van der Waals surface area contributed by atoms with Gasteiger partial charge in [0, 0.05) is 0 Å². The molecule has 0 N–H and O–H groups in total. The molecular formula is C6H10N2O2. The molecule has 56 valence electrons. The zero-order valence-electron chi connectivity index (χ0n) is 6.07. The largest absolute Gasteiger partial charge is 0.465 e. The van der Waals surface area contributed by atoms with Crippen LogP contribution in [0.25, 0.3) is 5.53 Å². The summed E-state index contributed by atoms with van der Waals surface area (Å²) < 4.78 is 4.61. The van der Waals surface area contributed by atoms with Crippen LogP contribution < -0.4 is 0 Å². The van der Waals surface area contributed by atoms with E-state index in [0.717, 1.165) is 6.21 Å². The molecule has 0 radical (unpaired) electrons. The van der Waals surface area contributed by atoms with E-state index in [1.54, 1.807) is 13.8 Å². The van der Waals surface area contributed by atoms with Crippen molar-refractivity contribution in [3.05, 3.63) is 5.53 Å². The summed E-state index contributed by atoms with van der Waals surface area (Å²) in [6, 6.07) is 0. The van der Waals surface area contributed by atoms with Gasteiger partial charge in [-0.3, -0.25) is 4.79 Å². The number of nitrogens with zero attached hydrogens (tertiary/aromatic N) is 2. The minimum absolute atomic E-state index is 0.350. The van der Waals surface area contributed by atoms with Gasteiger partial charge in [-0.15, -0.1) is 0 Å². The summed E-state index contributed by atoms with van der Waals surface area (Å²) in [6.45, 7) is 3.67. The standard InChI is InChI=1S/C6H10N2O2/c1-3-10-6(9)5(2)4-8-7/h4-5H,3H2,1-2H3. The number of ether oxygens (including phenoxy) is 1. The van der Waals surface area contributed by atoms with Crippen LogP contribution in [0, 0.1) is 5.92 Å². The first-order valence-corrected chi connectivity index (χ1v) is 3.06. The van der Waals surface area contributed by atoms with Crippen LogP contribution >= 0.6 is 0 Å². The zero-order valence-corrected chi connectivity index (χ0v) is 6.07. The molecule has 0 aliphatic rings. The van der Waals surface area contributed by atoms with Crippen molar-refractivity contribution in [1.82, 2.24) is 0 Å². The fourth-order valence-electron chi connectivity index (χ4n) is 0.435. The van der Waals surface area contributed by atoms with Gasteiger partial charge in [0.05, 0.1) is 6.61 Å². The topological polar surface area (TPSA) is 62.7 Å². The lowest BCUT2D eigenvalue weighted by atomic mass is 10.2. The molecule has 0 saturated heterocycles. The molecule has 0 bridgehead atoms. The van der Waals surface area contributed by atoms with E-state index in [0.29, 0.717) is 6.61 Å². The normalized spacial score (nSPS) is 11.4. The van der Waals surface area contributed by atoms with Crippen LogP contribution in [0.3, 0.4) is 0 Å². The average Bonchev–Trinajstić information content (AvgIpc) is 1.89. The summed E-state index contributed by atoms with van der Waals surface area (Å²) in [5.74, 6) is -0.842. The summed E-state index contributed by atoms with van der Waals surface area (Å²) in [6.07, 6.45) is 1.12. The summed E-state index contributed by atoms with van der Waals surface area (Å²) >= 11 is 0. The number of esters is 1. The molecule has 10 heavy (non-hydrogen) atoms. The first-order chi connectivity index (χ1) is 4.72. The Morgan fingerprint density at radius 3 is 2.90 bits per heavy atom. The first kappa shape index (κ1) is 8.85. The third-order valence-corrected chi connectivity index (χ3v) is 0.949. The molecule has 0 aromatic carbocycles. The molecule has 0 amide bonds. The molecule has 4 heteroatoms. The Bertz CT molecular complexity index is 161. The predicted molar refractivity (Wildman–Crippen MR) is 35.5 cm³/mol. The van der Waals surface area contributed by atoms with Gasteiger partial charge in [0.25, 0.3) is 6.21 Å². The van der Waals surface area contributed by atoms with Crippen LogP contribution in [0.5, 0.6) is 0 Å². The highest BCUT2D eigenvalue weighted by Gasteiger charge is 2.14. The van der Waals surface area contributed by atoms with Gasteiger partial charge in [-0.05, 0) is 13.8 Å². The lowest BCUT2D eigenvalue weighted by Crippen LogP contribution is -2.15. The SMILES string of the molecule is CCOC(=O)C(C)C=[N+]=[N-]. The Morgan fingerprint density at radius 2 is 2.50 bits per heavy atom. The highest BCUT2D eigenvalue weighted by Crippen LogP contribution is 1.92. The van der Waals surface area contributed by atoms with Crippen molar-refractivity contribution in [3.8, 4) is 0 Å². The molecule has 0 aliphatic heterocycles. The summed E-state index contributed by atoms with van der Waals surface area (Å²) in [5, 5.41) is 0. The van der Waals surface area contributed by atoms with Gasteiger partial charge in [-0.2, -0.15) is 4.79 Å². The second-order valence-corrected chi connectivity index (χ2v) is 1.81. The summed E-state index contributed by atoms with van der Waals surface area (Å²) in [5.41, 5.74) is 8.02. The summed E-state index contributed by atoms with van der Waals surface area (Å²) in [7, 11) is 0. The predicted octanol–water partition coefficient (Wildman–Crippen LogP) is 0.486. The lowest BCUT2D eigenvalue weighted by molar-refractivity contribution is -0.145. The van der Waals surface area contributed by atoms with Gasteiger partial charge in [-0.1, -0.05) is 0 Å². The van der Waals surface area contributed by atoms with Gasteiger partial charge in [0.15, 0.2) is 0 Å². The molecule has 1 atom stereocenters. The number of carbonyl (C=O) groups excluding carboxylic acids is 1. The summed E-state index contributed by atoms with van der Waals surface area (Å²) in [4.78, 5) is 13.4. The molecule has 1 unspecified atom stereocenters. The van der Waals surface area contributed by atoms with Crippen LogP contribution in [0.2, 0.25) is 0 Å². The van der Waals surface area contributed by atoms with Crippen LogP contribution in [0.4, 0.5) is 0 Å². The third kappa shape index (κ3) is 2.99. The van der Waals surface area contributed by atoms with E-state index in [9.17, 15) is 4.79 Å². The van der Waals surface area contributed by atoms with Crippen molar-refractivity contribution in [2.45, 2.75) is 13.8 Å². The number of carbonyl (C=O) groups is 1. The molecule has 4 nitrogen and oxygen atoms in total. The number of hydrogen-bond donors (Lipinski definition) is 0. The minimum Gasteiger partial charge on any atom is -0.465 e. The molecular weight excluding hydrogens is 132 g/mol. The Hall–Kier alpha value is -1.15. The fourth-order valence-corrected chi connectivity index (χ4v) is 0.435. The van der Waals surface area contributed by atoms with Crippen LogP contribution in [0.15, 0.2) is 0 Å². The van der Waals surface area contributed by atoms with Gasteiger partial charge in [-0.25, -0.2) is 0 Å². The van der Waals surface area contributed by atoms with E-state index in [2.05, 4.69) is 9.53 Å². The molecule has 0 saturated carbocycles. The Labute approximate surface area is 59.4 Å². The Balaban J connectivity index is 3.81. The third-order valence-electron chi connectivity index (χ3n) is 0.949.